The zero-order chi connectivity index (χ0) is 13.9. The third kappa shape index (κ3) is 3.74. The smallest absolute Gasteiger partial charge is 0.130 e. The highest BCUT2D eigenvalue weighted by Gasteiger charge is 2.27. The molecule has 1 aliphatic rings. The molecule has 0 bridgehead atoms. The van der Waals surface area contributed by atoms with Crippen molar-refractivity contribution >= 4 is 0 Å². The second kappa shape index (κ2) is 5.97. The fraction of sp³-hybridized carbons (Fsp3) is 0.600. The summed E-state index contributed by atoms with van der Waals surface area (Å²) < 4.78 is 31.9. The first-order valence-corrected chi connectivity index (χ1v) is 6.76. The third-order valence-corrected chi connectivity index (χ3v) is 3.96. The zero-order valence-corrected chi connectivity index (χ0v) is 11.5. The Kier molecular flexibility index (Phi) is 4.53. The number of rotatable bonds is 4. The van der Waals surface area contributed by atoms with E-state index in [2.05, 4.69) is 12.2 Å². The average Bonchev–Trinajstić information content (AvgIpc) is 2.37. The zero-order valence-electron chi connectivity index (χ0n) is 11.5. The van der Waals surface area contributed by atoms with E-state index in [1.54, 1.807) is 0 Å². The van der Waals surface area contributed by atoms with Crippen molar-refractivity contribution < 1.29 is 13.5 Å². The van der Waals surface area contributed by atoms with Gasteiger partial charge in [0, 0.05) is 37.4 Å². The average molecular weight is 269 g/mol. The van der Waals surface area contributed by atoms with Gasteiger partial charge in [-0.3, -0.25) is 0 Å². The maximum Gasteiger partial charge on any atom is 0.130 e. The van der Waals surface area contributed by atoms with Gasteiger partial charge in [-0.1, -0.05) is 13.0 Å². The summed E-state index contributed by atoms with van der Waals surface area (Å²) >= 11 is 0. The lowest BCUT2D eigenvalue weighted by Gasteiger charge is -2.34. The minimum absolute atomic E-state index is 0.125. The van der Waals surface area contributed by atoms with Gasteiger partial charge in [-0.2, -0.15) is 0 Å². The number of hydrogen-bond donors (Lipinski definition) is 1. The molecule has 1 heterocycles. The highest BCUT2D eigenvalue weighted by atomic mass is 19.1. The van der Waals surface area contributed by atoms with Crippen LogP contribution in [0, 0.1) is 17.0 Å². The fourth-order valence-corrected chi connectivity index (χ4v) is 2.40. The van der Waals surface area contributed by atoms with Crippen molar-refractivity contribution in [3.8, 4) is 0 Å². The lowest BCUT2D eigenvalue weighted by Crippen LogP contribution is -2.37. The molecule has 2 rings (SSSR count). The topological polar surface area (TPSA) is 21.3 Å². The highest BCUT2D eigenvalue weighted by Crippen LogP contribution is 2.29. The summed E-state index contributed by atoms with van der Waals surface area (Å²) in [5, 5.41) is 3.35. The van der Waals surface area contributed by atoms with E-state index in [1.807, 2.05) is 6.92 Å². The molecule has 0 aromatic heterocycles. The lowest BCUT2D eigenvalue weighted by atomic mass is 9.82. The normalized spacial score (nSPS) is 20.2. The van der Waals surface area contributed by atoms with E-state index in [0.29, 0.717) is 5.56 Å². The molecule has 19 heavy (non-hydrogen) atoms. The summed E-state index contributed by atoms with van der Waals surface area (Å²) in [4.78, 5) is 0. The molecule has 0 aliphatic carbocycles. The molecule has 0 saturated carbocycles. The van der Waals surface area contributed by atoms with Crippen molar-refractivity contribution in [1.82, 2.24) is 5.32 Å². The Balaban J connectivity index is 1.95. The SMILES string of the molecule is CC(NCC1(C)CCOCC1)c1ccc(F)cc1F. The Morgan fingerprint density at radius 1 is 1.32 bits per heavy atom. The largest absolute Gasteiger partial charge is 0.381 e. The van der Waals surface area contributed by atoms with Crippen molar-refractivity contribution in [1.29, 1.82) is 0 Å². The van der Waals surface area contributed by atoms with Gasteiger partial charge < -0.3 is 10.1 Å². The number of halogens is 2. The minimum atomic E-state index is -0.537. The number of nitrogens with one attached hydrogen (secondary N) is 1. The van der Waals surface area contributed by atoms with Crippen LogP contribution in [0.2, 0.25) is 0 Å². The standard InChI is InChI=1S/C15H21F2NO/c1-11(13-4-3-12(16)9-14(13)17)18-10-15(2)5-7-19-8-6-15/h3-4,9,11,18H,5-8,10H2,1-2H3. The Bertz CT molecular complexity index is 430. The van der Waals surface area contributed by atoms with Crippen LogP contribution in [-0.4, -0.2) is 19.8 Å². The molecule has 1 saturated heterocycles. The van der Waals surface area contributed by atoms with Crippen LogP contribution >= 0.6 is 0 Å². The van der Waals surface area contributed by atoms with Crippen molar-refractivity contribution in [3.05, 3.63) is 35.4 Å². The van der Waals surface area contributed by atoms with E-state index in [-0.39, 0.29) is 11.5 Å². The molecule has 106 valence electrons. The van der Waals surface area contributed by atoms with Crippen LogP contribution in [0.4, 0.5) is 8.78 Å². The third-order valence-electron chi connectivity index (χ3n) is 3.96. The van der Waals surface area contributed by atoms with Gasteiger partial charge in [0.05, 0.1) is 0 Å². The first-order valence-electron chi connectivity index (χ1n) is 6.76. The van der Waals surface area contributed by atoms with E-state index in [9.17, 15) is 8.78 Å². The lowest BCUT2D eigenvalue weighted by molar-refractivity contribution is 0.0230. The van der Waals surface area contributed by atoms with Crippen LogP contribution in [-0.2, 0) is 4.74 Å². The highest BCUT2D eigenvalue weighted by molar-refractivity contribution is 5.21. The summed E-state index contributed by atoms with van der Waals surface area (Å²) in [6, 6.07) is 3.62. The fourth-order valence-electron chi connectivity index (χ4n) is 2.40. The molecular formula is C15H21F2NO. The van der Waals surface area contributed by atoms with Crippen molar-refractivity contribution in [2.45, 2.75) is 32.7 Å². The van der Waals surface area contributed by atoms with Gasteiger partial charge in [0.15, 0.2) is 0 Å². The summed E-state index contributed by atoms with van der Waals surface area (Å²) in [7, 11) is 0. The summed E-state index contributed by atoms with van der Waals surface area (Å²) in [6.45, 7) is 6.51. The first kappa shape index (κ1) is 14.4. The molecule has 0 radical (unpaired) electrons. The minimum Gasteiger partial charge on any atom is -0.381 e. The molecule has 2 nitrogen and oxygen atoms in total. The maximum atomic E-state index is 13.7. The molecule has 4 heteroatoms. The van der Waals surface area contributed by atoms with E-state index >= 15 is 0 Å². The predicted molar refractivity (Wildman–Crippen MR) is 70.9 cm³/mol. The molecule has 1 aromatic rings. The van der Waals surface area contributed by atoms with Crippen molar-refractivity contribution in [2.24, 2.45) is 5.41 Å². The monoisotopic (exact) mass is 269 g/mol. The summed E-state index contributed by atoms with van der Waals surface area (Å²) in [5.41, 5.74) is 0.709. The molecule has 1 aromatic carbocycles. The molecular weight excluding hydrogens is 248 g/mol. The van der Waals surface area contributed by atoms with Crippen molar-refractivity contribution in [3.63, 3.8) is 0 Å². The Hall–Kier alpha value is -1.00. The number of benzene rings is 1. The van der Waals surface area contributed by atoms with E-state index in [4.69, 9.17) is 4.74 Å². The number of hydrogen-bond acceptors (Lipinski definition) is 2. The van der Waals surface area contributed by atoms with Crippen LogP contribution in [0.3, 0.4) is 0 Å². The molecule has 0 amide bonds. The first-order chi connectivity index (χ1) is 9.00. The van der Waals surface area contributed by atoms with Crippen LogP contribution in [0.1, 0.15) is 38.3 Å². The second-order valence-corrected chi connectivity index (χ2v) is 5.69. The van der Waals surface area contributed by atoms with E-state index in [0.717, 1.165) is 38.7 Å². The van der Waals surface area contributed by atoms with Crippen LogP contribution in [0.25, 0.3) is 0 Å². The molecule has 0 spiro atoms. The summed E-state index contributed by atoms with van der Waals surface area (Å²) in [6.07, 6.45) is 2.03. The quantitative estimate of drug-likeness (QED) is 0.904. The number of ether oxygens (including phenoxy) is 1. The van der Waals surface area contributed by atoms with Crippen LogP contribution in [0.5, 0.6) is 0 Å². The van der Waals surface area contributed by atoms with Crippen LogP contribution in [0.15, 0.2) is 18.2 Å². The van der Waals surface area contributed by atoms with Crippen LogP contribution < -0.4 is 5.32 Å². The van der Waals surface area contributed by atoms with Gasteiger partial charge in [0.25, 0.3) is 0 Å². The van der Waals surface area contributed by atoms with E-state index in [1.165, 1.54) is 12.1 Å². The Labute approximate surface area is 113 Å². The molecule has 1 aliphatic heterocycles. The van der Waals surface area contributed by atoms with Gasteiger partial charge in [0.2, 0.25) is 0 Å². The Morgan fingerprint density at radius 3 is 2.63 bits per heavy atom. The summed E-state index contributed by atoms with van der Waals surface area (Å²) in [5.74, 6) is -1.03. The van der Waals surface area contributed by atoms with Gasteiger partial charge in [-0.05, 0) is 31.2 Å². The Morgan fingerprint density at radius 2 is 2.00 bits per heavy atom. The van der Waals surface area contributed by atoms with Gasteiger partial charge in [-0.15, -0.1) is 0 Å². The molecule has 1 fully saturated rings. The predicted octanol–water partition coefficient (Wildman–Crippen LogP) is 3.43. The molecule has 1 unspecified atom stereocenters. The molecule has 1 N–H and O–H groups in total. The van der Waals surface area contributed by atoms with Gasteiger partial charge in [-0.25, -0.2) is 8.78 Å². The van der Waals surface area contributed by atoms with Gasteiger partial charge >= 0.3 is 0 Å². The second-order valence-electron chi connectivity index (χ2n) is 5.69. The van der Waals surface area contributed by atoms with Crippen molar-refractivity contribution in [2.75, 3.05) is 19.8 Å². The van der Waals surface area contributed by atoms with Gasteiger partial charge in [0.1, 0.15) is 11.6 Å². The maximum absolute atomic E-state index is 13.7. The van der Waals surface area contributed by atoms with E-state index < -0.39 is 11.6 Å². The molecule has 1 atom stereocenters.